The van der Waals surface area contributed by atoms with Crippen LogP contribution in [0, 0.1) is 6.92 Å². The Balaban J connectivity index is 2.39. The van der Waals surface area contributed by atoms with E-state index in [2.05, 4.69) is 15.1 Å². The van der Waals surface area contributed by atoms with E-state index in [0.29, 0.717) is 18.0 Å². The molecular formula is C20H24N4O6. The van der Waals surface area contributed by atoms with Crippen LogP contribution >= 0.6 is 0 Å². The molecule has 30 heavy (non-hydrogen) atoms. The SMILES string of the molecule is CC/C(=N\O)c1nc(C)nc2c1C(C)(O)C(=O)N2c1c(OC)cc(OC)cc1OC. The normalized spacial score (nSPS) is 18.4. The Labute approximate surface area is 173 Å². The number of hydrogen-bond donors (Lipinski definition) is 2. The third-order valence-corrected chi connectivity index (χ3v) is 4.96. The van der Waals surface area contributed by atoms with Crippen molar-refractivity contribution < 1.29 is 29.3 Å². The van der Waals surface area contributed by atoms with Crippen molar-refractivity contribution in [2.24, 2.45) is 5.16 Å². The molecule has 0 fully saturated rings. The Morgan fingerprint density at radius 1 is 1.17 bits per heavy atom. The fraction of sp³-hybridized carbons (Fsp3) is 0.400. The van der Waals surface area contributed by atoms with Crippen LogP contribution in [0.25, 0.3) is 0 Å². The van der Waals surface area contributed by atoms with Gasteiger partial charge in [0, 0.05) is 12.1 Å². The van der Waals surface area contributed by atoms with E-state index in [-0.39, 0.29) is 40.0 Å². The fourth-order valence-electron chi connectivity index (χ4n) is 3.50. The number of carbonyl (C=O) groups excluding carboxylic acids is 1. The molecular weight excluding hydrogens is 392 g/mol. The minimum Gasteiger partial charge on any atom is -0.496 e. The van der Waals surface area contributed by atoms with Crippen LogP contribution in [0.15, 0.2) is 17.3 Å². The molecule has 2 heterocycles. The Kier molecular flexibility index (Phi) is 5.53. The van der Waals surface area contributed by atoms with Gasteiger partial charge < -0.3 is 24.5 Å². The molecule has 1 aromatic heterocycles. The van der Waals surface area contributed by atoms with Crippen LogP contribution in [-0.2, 0) is 10.4 Å². The van der Waals surface area contributed by atoms with Crippen LogP contribution in [-0.4, -0.2) is 53.2 Å². The Morgan fingerprint density at radius 3 is 2.23 bits per heavy atom. The topological polar surface area (TPSA) is 127 Å². The number of benzene rings is 1. The predicted octanol–water partition coefficient (Wildman–Crippen LogP) is 2.28. The van der Waals surface area contributed by atoms with E-state index in [9.17, 15) is 15.1 Å². The van der Waals surface area contributed by atoms with E-state index in [1.54, 1.807) is 26.0 Å². The van der Waals surface area contributed by atoms with Gasteiger partial charge >= 0.3 is 0 Å². The quantitative estimate of drug-likeness (QED) is 0.417. The highest BCUT2D eigenvalue weighted by Crippen LogP contribution is 2.51. The van der Waals surface area contributed by atoms with Crippen LogP contribution in [0.1, 0.15) is 37.4 Å². The number of aromatic nitrogens is 2. The maximum absolute atomic E-state index is 13.4. The number of carbonyl (C=O) groups is 1. The number of methoxy groups -OCH3 is 3. The van der Waals surface area contributed by atoms with E-state index in [0.717, 1.165) is 0 Å². The summed E-state index contributed by atoms with van der Waals surface area (Å²) in [7, 11) is 4.39. The van der Waals surface area contributed by atoms with Crippen LogP contribution in [0.3, 0.4) is 0 Å². The van der Waals surface area contributed by atoms with Crippen molar-refractivity contribution in [1.82, 2.24) is 9.97 Å². The first kappa shape index (κ1) is 21.3. The molecule has 0 radical (unpaired) electrons. The molecule has 0 saturated heterocycles. The van der Waals surface area contributed by atoms with Crippen molar-refractivity contribution in [3.63, 3.8) is 0 Å². The van der Waals surface area contributed by atoms with Gasteiger partial charge in [0.25, 0.3) is 5.91 Å². The highest BCUT2D eigenvalue weighted by atomic mass is 16.5. The number of amides is 1. The van der Waals surface area contributed by atoms with Gasteiger partial charge in [0.05, 0.1) is 26.9 Å². The van der Waals surface area contributed by atoms with Gasteiger partial charge in [0.1, 0.15) is 28.7 Å². The minimum atomic E-state index is -1.97. The summed E-state index contributed by atoms with van der Waals surface area (Å²) < 4.78 is 16.2. The molecule has 10 heteroatoms. The molecule has 2 aromatic rings. The monoisotopic (exact) mass is 416 g/mol. The average Bonchev–Trinajstić information content (AvgIpc) is 2.92. The maximum atomic E-state index is 13.4. The molecule has 0 saturated carbocycles. The summed E-state index contributed by atoms with van der Waals surface area (Å²) >= 11 is 0. The van der Waals surface area contributed by atoms with Gasteiger partial charge in [0.15, 0.2) is 22.9 Å². The van der Waals surface area contributed by atoms with Crippen molar-refractivity contribution in [1.29, 1.82) is 0 Å². The summed E-state index contributed by atoms with van der Waals surface area (Å²) in [6.07, 6.45) is 0.332. The van der Waals surface area contributed by atoms with Gasteiger partial charge in [-0.2, -0.15) is 0 Å². The lowest BCUT2D eigenvalue weighted by Gasteiger charge is -2.23. The zero-order chi connectivity index (χ0) is 22.2. The first-order valence-electron chi connectivity index (χ1n) is 9.22. The molecule has 10 nitrogen and oxygen atoms in total. The Hall–Kier alpha value is -3.40. The van der Waals surface area contributed by atoms with Gasteiger partial charge in [-0.15, -0.1) is 0 Å². The van der Waals surface area contributed by atoms with Gasteiger partial charge in [-0.1, -0.05) is 12.1 Å². The minimum absolute atomic E-state index is 0.146. The first-order valence-corrected chi connectivity index (χ1v) is 9.22. The second-order valence-electron chi connectivity index (χ2n) is 6.81. The summed E-state index contributed by atoms with van der Waals surface area (Å²) in [5.41, 5.74) is -1.14. The largest absolute Gasteiger partial charge is 0.496 e. The molecule has 1 unspecified atom stereocenters. The lowest BCUT2D eigenvalue weighted by molar-refractivity contribution is -0.133. The number of hydrogen-bond acceptors (Lipinski definition) is 9. The highest BCUT2D eigenvalue weighted by Gasteiger charge is 2.52. The lowest BCUT2D eigenvalue weighted by atomic mass is 9.95. The highest BCUT2D eigenvalue weighted by molar-refractivity contribution is 6.15. The number of nitrogens with zero attached hydrogens (tertiary/aromatic N) is 4. The van der Waals surface area contributed by atoms with Gasteiger partial charge in [-0.25, -0.2) is 9.97 Å². The van der Waals surface area contributed by atoms with E-state index >= 15 is 0 Å². The molecule has 2 N–H and O–H groups in total. The maximum Gasteiger partial charge on any atom is 0.269 e. The van der Waals surface area contributed by atoms with Crippen molar-refractivity contribution >= 4 is 23.1 Å². The van der Waals surface area contributed by atoms with Crippen LogP contribution < -0.4 is 19.1 Å². The molecule has 0 spiro atoms. The summed E-state index contributed by atoms with van der Waals surface area (Å²) in [5.74, 6) is 0.851. The van der Waals surface area contributed by atoms with Gasteiger partial charge in [-0.3, -0.25) is 9.69 Å². The molecule has 0 bridgehead atoms. The van der Waals surface area contributed by atoms with E-state index in [1.165, 1.54) is 33.2 Å². The zero-order valence-corrected chi connectivity index (χ0v) is 17.7. The molecule has 1 atom stereocenters. The number of aliphatic hydroxyl groups is 1. The number of rotatable bonds is 6. The number of fused-ring (bicyclic) bond motifs is 1. The van der Waals surface area contributed by atoms with Crippen molar-refractivity contribution in [2.75, 3.05) is 26.2 Å². The standard InChI is InChI=1S/C20H24N4O6/c1-7-12(23-27)16-15-18(22-10(2)21-16)24(19(25)20(15,3)26)17-13(29-5)8-11(28-4)9-14(17)30-6/h8-9,26-27H,7H2,1-6H3/b23-12+. The smallest absolute Gasteiger partial charge is 0.269 e. The molecule has 1 aliphatic rings. The number of oxime groups is 1. The van der Waals surface area contributed by atoms with Crippen LogP contribution in [0.2, 0.25) is 0 Å². The molecule has 160 valence electrons. The average molecular weight is 416 g/mol. The molecule has 3 rings (SSSR count). The number of ether oxygens (including phenoxy) is 3. The third-order valence-electron chi connectivity index (χ3n) is 4.96. The number of anilines is 2. The van der Waals surface area contributed by atoms with E-state index in [1.807, 2.05) is 0 Å². The van der Waals surface area contributed by atoms with Crippen molar-refractivity contribution in [2.45, 2.75) is 32.8 Å². The third kappa shape index (κ3) is 3.09. The fourth-order valence-corrected chi connectivity index (χ4v) is 3.50. The summed E-state index contributed by atoms with van der Waals surface area (Å²) in [6.45, 7) is 4.77. The molecule has 1 aromatic carbocycles. The molecule has 1 aliphatic heterocycles. The van der Waals surface area contributed by atoms with Crippen LogP contribution in [0.5, 0.6) is 17.2 Å². The second-order valence-corrected chi connectivity index (χ2v) is 6.81. The number of aryl methyl sites for hydroxylation is 1. The Morgan fingerprint density at radius 2 is 1.77 bits per heavy atom. The Bertz CT molecular complexity index is 1010. The van der Waals surface area contributed by atoms with Crippen LogP contribution in [0.4, 0.5) is 11.5 Å². The van der Waals surface area contributed by atoms with Gasteiger partial charge in [-0.05, 0) is 20.3 Å². The predicted molar refractivity (Wildman–Crippen MR) is 108 cm³/mol. The first-order chi connectivity index (χ1) is 14.2. The van der Waals surface area contributed by atoms with E-state index in [4.69, 9.17) is 14.2 Å². The summed E-state index contributed by atoms with van der Waals surface area (Å²) in [4.78, 5) is 23.4. The molecule has 1 amide bonds. The summed E-state index contributed by atoms with van der Waals surface area (Å²) in [5, 5.41) is 23.9. The molecule has 0 aliphatic carbocycles. The van der Waals surface area contributed by atoms with Gasteiger partial charge in [0.2, 0.25) is 0 Å². The second kappa shape index (κ2) is 7.79. The van der Waals surface area contributed by atoms with E-state index < -0.39 is 11.5 Å². The lowest BCUT2D eigenvalue weighted by Crippen LogP contribution is -2.36. The van der Waals surface area contributed by atoms with Crippen molar-refractivity contribution in [3.05, 3.63) is 29.2 Å². The zero-order valence-electron chi connectivity index (χ0n) is 17.7. The summed E-state index contributed by atoms with van der Waals surface area (Å²) in [6, 6.07) is 3.19. The van der Waals surface area contributed by atoms with Crippen molar-refractivity contribution in [3.8, 4) is 17.2 Å².